The zero-order chi connectivity index (χ0) is 20.3. The maximum atomic E-state index is 12.7. The smallest absolute Gasteiger partial charge is 0.251 e. The molecule has 3 aromatic rings. The molecule has 1 N–H and O–H groups in total. The second-order valence-electron chi connectivity index (χ2n) is 7.06. The van der Waals surface area contributed by atoms with Crippen LogP contribution in [-0.4, -0.2) is 48.5 Å². The minimum Gasteiger partial charge on any atom is -0.497 e. The molecule has 0 aliphatic rings. The minimum absolute atomic E-state index is 0.0556. The van der Waals surface area contributed by atoms with Gasteiger partial charge in [0.15, 0.2) is 0 Å². The molecular formula is C22H26N4O2. The van der Waals surface area contributed by atoms with Gasteiger partial charge >= 0.3 is 0 Å². The van der Waals surface area contributed by atoms with Gasteiger partial charge in [0, 0.05) is 12.1 Å². The van der Waals surface area contributed by atoms with E-state index in [0.717, 1.165) is 33.7 Å². The quantitative estimate of drug-likeness (QED) is 0.713. The van der Waals surface area contributed by atoms with Gasteiger partial charge in [-0.3, -0.25) is 4.79 Å². The van der Waals surface area contributed by atoms with Crippen LogP contribution in [0, 0.1) is 13.8 Å². The van der Waals surface area contributed by atoms with Crippen molar-refractivity contribution in [3.05, 3.63) is 65.0 Å². The lowest BCUT2D eigenvalue weighted by atomic mass is 10.1. The monoisotopic (exact) mass is 378 g/mol. The SMILES string of the molecule is COc1ccc([C@@H](CNC(=O)c2ccc3nc(C)c(C)nc3c2)N(C)C)cc1. The number of carbonyl (C=O) groups is 1. The van der Waals surface area contributed by atoms with Crippen LogP contribution in [0.1, 0.15) is 33.4 Å². The number of likely N-dealkylation sites (N-methyl/N-ethyl adjacent to an activating group) is 1. The zero-order valence-corrected chi connectivity index (χ0v) is 17.0. The number of rotatable bonds is 6. The largest absolute Gasteiger partial charge is 0.497 e. The number of hydrogen-bond acceptors (Lipinski definition) is 5. The number of nitrogens with zero attached hydrogens (tertiary/aromatic N) is 3. The fraction of sp³-hybridized carbons (Fsp3) is 0.318. The molecule has 28 heavy (non-hydrogen) atoms. The Bertz CT molecular complexity index is 984. The maximum Gasteiger partial charge on any atom is 0.251 e. The topological polar surface area (TPSA) is 67.3 Å². The van der Waals surface area contributed by atoms with Crippen molar-refractivity contribution in [2.24, 2.45) is 0 Å². The molecule has 3 rings (SSSR count). The van der Waals surface area contributed by atoms with Crippen molar-refractivity contribution in [2.45, 2.75) is 19.9 Å². The van der Waals surface area contributed by atoms with E-state index in [-0.39, 0.29) is 11.9 Å². The second-order valence-corrected chi connectivity index (χ2v) is 7.06. The second kappa shape index (κ2) is 8.35. The van der Waals surface area contributed by atoms with E-state index in [1.165, 1.54) is 0 Å². The van der Waals surface area contributed by atoms with Gasteiger partial charge in [-0.1, -0.05) is 12.1 Å². The first kappa shape index (κ1) is 19.8. The Morgan fingerprint density at radius 3 is 2.29 bits per heavy atom. The van der Waals surface area contributed by atoms with Crippen LogP contribution in [0.25, 0.3) is 11.0 Å². The van der Waals surface area contributed by atoms with Crippen molar-refractivity contribution >= 4 is 16.9 Å². The van der Waals surface area contributed by atoms with Crippen LogP contribution in [0.3, 0.4) is 0 Å². The highest BCUT2D eigenvalue weighted by molar-refractivity contribution is 5.97. The fourth-order valence-corrected chi connectivity index (χ4v) is 3.09. The van der Waals surface area contributed by atoms with Gasteiger partial charge in [0.25, 0.3) is 5.91 Å². The number of fused-ring (bicyclic) bond motifs is 1. The lowest BCUT2D eigenvalue weighted by Crippen LogP contribution is -2.34. The van der Waals surface area contributed by atoms with Gasteiger partial charge in [0.05, 0.1) is 35.6 Å². The van der Waals surface area contributed by atoms with Gasteiger partial charge in [0.2, 0.25) is 0 Å². The maximum absolute atomic E-state index is 12.7. The van der Waals surface area contributed by atoms with E-state index in [4.69, 9.17) is 4.74 Å². The first-order valence-electron chi connectivity index (χ1n) is 9.22. The fourth-order valence-electron chi connectivity index (χ4n) is 3.09. The Labute approximate surface area is 165 Å². The van der Waals surface area contributed by atoms with Gasteiger partial charge in [-0.15, -0.1) is 0 Å². The molecule has 6 heteroatoms. The number of methoxy groups -OCH3 is 1. The Morgan fingerprint density at radius 1 is 1.04 bits per heavy atom. The van der Waals surface area contributed by atoms with Gasteiger partial charge in [-0.05, 0) is 63.8 Å². The molecule has 0 aliphatic heterocycles. The van der Waals surface area contributed by atoms with Gasteiger partial charge in [0.1, 0.15) is 5.75 Å². The van der Waals surface area contributed by atoms with Crippen molar-refractivity contribution in [3.8, 4) is 5.75 Å². The number of ether oxygens (including phenoxy) is 1. The third-order valence-electron chi connectivity index (χ3n) is 4.92. The average Bonchev–Trinajstić information content (AvgIpc) is 2.68. The number of hydrogen-bond donors (Lipinski definition) is 1. The minimum atomic E-state index is -0.123. The summed E-state index contributed by atoms with van der Waals surface area (Å²) in [4.78, 5) is 23.8. The molecule has 1 aromatic heterocycles. The van der Waals surface area contributed by atoms with Crippen LogP contribution >= 0.6 is 0 Å². The summed E-state index contributed by atoms with van der Waals surface area (Å²) in [7, 11) is 5.64. The summed E-state index contributed by atoms with van der Waals surface area (Å²) in [6.07, 6.45) is 0. The summed E-state index contributed by atoms with van der Waals surface area (Å²) in [6.45, 7) is 4.35. The zero-order valence-electron chi connectivity index (χ0n) is 17.0. The lowest BCUT2D eigenvalue weighted by molar-refractivity contribution is 0.0942. The number of benzene rings is 2. The van der Waals surface area contributed by atoms with Crippen molar-refractivity contribution in [1.29, 1.82) is 0 Å². The summed E-state index contributed by atoms with van der Waals surface area (Å²) in [5.74, 6) is 0.690. The number of aromatic nitrogens is 2. The standard InChI is InChI=1S/C22H26N4O2/c1-14-15(2)25-20-12-17(8-11-19(20)24-14)22(27)23-13-21(26(3)4)16-6-9-18(28-5)10-7-16/h6-12,21H,13H2,1-5H3,(H,23,27)/t21-/m1/s1. The number of carbonyl (C=O) groups excluding carboxylic acids is 1. The van der Waals surface area contributed by atoms with Crippen molar-refractivity contribution in [1.82, 2.24) is 20.2 Å². The average molecular weight is 378 g/mol. The summed E-state index contributed by atoms with van der Waals surface area (Å²) < 4.78 is 5.22. The molecule has 0 radical (unpaired) electrons. The molecule has 146 valence electrons. The molecule has 2 aromatic carbocycles. The summed E-state index contributed by atoms with van der Waals surface area (Å²) in [5, 5.41) is 3.04. The Kier molecular flexibility index (Phi) is 5.90. The molecule has 1 heterocycles. The third kappa shape index (κ3) is 4.28. The van der Waals surface area contributed by atoms with Crippen molar-refractivity contribution in [3.63, 3.8) is 0 Å². The first-order chi connectivity index (χ1) is 13.4. The normalized spacial score (nSPS) is 12.2. The van der Waals surface area contributed by atoms with Crippen LogP contribution in [0.5, 0.6) is 5.75 Å². The highest BCUT2D eigenvalue weighted by Crippen LogP contribution is 2.21. The summed E-state index contributed by atoms with van der Waals surface area (Å²) in [6, 6.07) is 13.4. The molecule has 1 atom stereocenters. The Morgan fingerprint density at radius 2 is 1.68 bits per heavy atom. The van der Waals surface area contributed by atoms with Gasteiger partial charge < -0.3 is 15.0 Å². The summed E-state index contributed by atoms with van der Waals surface area (Å²) >= 11 is 0. The van der Waals surface area contributed by atoms with E-state index in [2.05, 4.69) is 20.2 Å². The van der Waals surface area contributed by atoms with Crippen LogP contribution < -0.4 is 10.1 Å². The van der Waals surface area contributed by atoms with E-state index in [9.17, 15) is 4.79 Å². The van der Waals surface area contributed by atoms with Gasteiger partial charge in [-0.2, -0.15) is 0 Å². The Hall–Kier alpha value is -2.99. The lowest BCUT2D eigenvalue weighted by Gasteiger charge is -2.25. The molecule has 1 amide bonds. The van der Waals surface area contributed by atoms with E-state index >= 15 is 0 Å². The molecule has 6 nitrogen and oxygen atoms in total. The summed E-state index contributed by atoms with van der Waals surface area (Å²) in [5.41, 5.74) is 4.99. The molecule has 0 bridgehead atoms. The van der Waals surface area contributed by atoms with E-state index in [0.29, 0.717) is 12.1 Å². The molecular weight excluding hydrogens is 352 g/mol. The predicted octanol–water partition coefficient (Wildman–Crippen LogP) is 3.29. The number of amides is 1. The molecule has 0 saturated carbocycles. The molecule has 0 fully saturated rings. The van der Waals surface area contributed by atoms with Crippen LogP contribution in [0.15, 0.2) is 42.5 Å². The molecule has 0 unspecified atom stereocenters. The van der Waals surface area contributed by atoms with Crippen molar-refractivity contribution < 1.29 is 9.53 Å². The van der Waals surface area contributed by atoms with Crippen molar-refractivity contribution in [2.75, 3.05) is 27.7 Å². The molecule has 0 saturated heterocycles. The highest BCUT2D eigenvalue weighted by Gasteiger charge is 2.16. The van der Waals surface area contributed by atoms with E-state index in [1.54, 1.807) is 19.2 Å². The number of nitrogens with one attached hydrogen (secondary N) is 1. The van der Waals surface area contributed by atoms with Crippen LogP contribution in [-0.2, 0) is 0 Å². The van der Waals surface area contributed by atoms with Gasteiger partial charge in [-0.25, -0.2) is 9.97 Å². The number of aryl methyl sites for hydroxylation is 2. The van der Waals surface area contributed by atoms with Crippen LogP contribution in [0.4, 0.5) is 0 Å². The molecule has 0 aliphatic carbocycles. The third-order valence-corrected chi connectivity index (χ3v) is 4.92. The van der Waals surface area contributed by atoms with Crippen LogP contribution in [0.2, 0.25) is 0 Å². The Balaban J connectivity index is 1.75. The molecule has 0 spiro atoms. The predicted molar refractivity (Wildman–Crippen MR) is 111 cm³/mol. The first-order valence-corrected chi connectivity index (χ1v) is 9.22. The van der Waals surface area contributed by atoms with E-state index in [1.807, 2.05) is 58.3 Å². The highest BCUT2D eigenvalue weighted by atomic mass is 16.5. The van der Waals surface area contributed by atoms with E-state index < -0.39 is 0 Å².